The molecule has 2 rings (SSSR count). The van der Waals surface area contributed by atoms with E-state index in [9.17, 15) is 4.79 Å². The molecule has 1 aromatic carbocycles. The summed E-state index contributed by atoms with van der Waals surface area (Å²) in [6.45, 7) is 2.07. The highest BCUT2D eigenvalue weighted by molar-refractivity contribution is 9.10. The van der Waals surface area contributed by atoms with Crippen LogP contribution in [0.1, 0.15) is 30.1 Å². The normalized spacial score (nSPS) is 25.7. The first-order valence-corrected chi connectivity index (χ1v) is 5.02. The van der Waals surface area contributed by atoms with Crippen molar-refractivity contribution < 1.29 is 4.79 Å². The Morgan fingerprint density at radius 2 is 2.23 bits per heavy atom. The molecular formula is C10H10BrNO. The lowest BCUT2D eigenvalue weighted by molar-refractivity contribution is -0.109. The molecule has 0 aromatic heterocycles. The van der Waals surface area contributed by atoms with E-state index in [4.69, 9.17) is 0 Å². The standard InChI is InChI=1S/C10H10BrNO/c1-6-8-3-2-7(11)4-9(8)10(5-13)12-6/h2-6,10,12H,1H3. The van der Waals surface area contributed by atoms with Crippen LogP contribution in [0.4, 0.5) is 0 Å². The van der Waals surface area contributed by atoms with Crippen LogP contribution in [0.2, 0.25) is 0 Å². The molecule has 2 unspecified atom stereocenters. The van der Waals surface area contributed by atoms with E-state index < -0.39 is 0 Å². The van der Waals surface area contributed by atoms with Gasteiger partial charge in [0.2, 0.25) is 0 Å². The zero-order valence-electron chi connectivity index (χ0n) is 7.25. The Morgan fingerprint density at radius 3 is 2.92 bits per heavy atom. The van der Waals surface area contributed by atoms with E-state index in [1.807, 2.05) is 12.1 Å². The topological polar surface area (TPSA) is 29.1 Å². The first-order valence-electron chi connectivity index (χ1n) is 4.23. The Labute approximate surface area is 85.5 Å². The summed E-state index contributed by atoms with van der Waals surface area (Å²) in [5.41, 5.74) is 2.32. The molecule has 0 saturated carbocycles. The molecular weight excluding hydrogens is 230 g/mol. The number of nitrogens with one attached hydrogen (secondary N) is 1. The molecule has 1 N–H and O–H groups in total. The third kappa shape index (κ3) is 1.42. The predicted octanol–water partition coefficient (Wildman–Crippen LogP) is 2.35. The smallest absolute Gasteiger partial charge is 0.141 e. The van der Waals surface area contributed by atoms with Crippen LogP contribution >= 0.6 is 15.9 Å². The Kier molecular flexibility index (Phi) is 2.22. The summed E-state index contributed by atoms with van der Waals surface area (Å²) in [6.07, 6.45) is 0.953. The number of aldehydes is 1. The molecule has 0 bridgehead atoms. The number of hydrogen-bond donors (Lipinski definition) is 1. The lowest BCUT2D eigenvalue weighted by Crippen LogP contribution is -2.16. The summed E-state index contributed by atoms with van der Waals surface area (Å²) in [4.78, 5) is 10.7. The van der Waals surface area contributed by atoms with Gasteiger partial charge in [0.05, 0.1) is 6.04 Å². The molecule has 1 heterocycles. The number of carbonyl (C=O) groups is 1. The molecule has 0 aliphatic carbocycles. The van der Waals surface area contributed by atoms with Crippen molar-refractivity contribution in [1.29, 1.82) is 0 Å². The Balaban J connectivity index is 2.52. The maximum Gasteiger partial charge on any atom is 0.141 e. The van der Waals surface area contributed by atoms with Crippen molar-refractivity contribution in [3.63, 3.8) is 0 Å². The Bertz CT molecular complexity index is 351. The van der Waals surface area contributed by atoms with Crippen molar-refractivity contribution >= 4 is 22.2 Å². The van der Waals surface area contributed by atoms with Crippen LogP contribution in [-0.2, 0) is 4.79 Å². The van der Waals surface area contributed by atoms with E-state index in [-0.39, 0.29) is 12.1 Å². The monoisotopic (exact) mass is 239 g/mol. The number of rotatable bonds is 1. The van der Waals surface area contributed by atoms with Gasteiger partial charge < -0.3 is 4.79 Å². The largest absolute Gasteiger partial charge is 0.301 e. The fourth-order valence-electron chi connectivity index (χ4n) is 1.77. The van der Waals surface area contributed by atoms with Gasteiger partial charge in [-0.1, -0.05) is 22.0 Å². The summed E-state index contributed by atoms with van der Waals surface area (Å²) in [5, 5.41) is 3.21. The molecule has 3 heteroatoms. The molecule has 1 aliphatic rings. The van der Waals surface area contributed by atoms with E-state index in [1.54, 1.807) is 0 Å². The quantitative estimate of drug-likeness (QED) is 0.763. The maximum absolute atomic E-state index is 10.7. The van der Waals surface area contributed by atoms with Crippen molar-refractivity contribution in [2.45, 2.75) is 19.0 Å². The molecule has 2 atom stereocenters. The van der Waals surface area contributed by atoms with Gasteiger partial charge in [-0.25, -0.2) is 0 Å². The first kappa shape index (κ1) is 8.91. The maximum atomic E-state index is 10.7. The second-order valence-corrected chi connectivity index (χ2v) is 4.19. The van der Waals surface area contributed by atoms with E-state index in [2.05, 4.69) is 34.2 Å². The van der Waals surface area contributed by atoms with Gasteiger partial charge in [-0.2, -0.15) is 0 Å². The Morgan fingerprint density at radius 1 is 1.46 bits per heavy atom. The fourth-order valence-corrected chi connectivity index (χ4v) is 2.15. The minimum atomic E-state index is -0.137. The highest BCUT2D eigenvalue weighted by Crippen LogP contribution is 2.33. The van der Waals surface area contributed by atoms with Crippen molar-refractivity contribution in [2.24, 2.45) is 0 Å². The Hall–Kier alpha value is -0.670. The number of hydrogen-bond acceptors (Lipinski definition) is 2. The molecule has 0 saturated heterocycles. The molecule has 0 amide bonds. The van der Waals surface area contributed by atoms with Gasteiger partial charge in [-0.15, -0.1) is 0 Å². The molecule has 0 fully saturated rings. The summed E-state index contributed by atoms with van der Waals surface area (Å²) in [7, 11) is 0. The lowest BCUT2D eigenvalue weighted by Gasteiger charge is -2.03. The van der Waals surface area contributed by atoms with Crippen LogP contribution in [0.25, 0.3) is 0 Å². The lowest BCUT2D eigenvalue weighted by atomic mass is 10.0. The van der Waals surface area contributed by atoms with Crippen LogP contribution in [0.15, 0.2) is 22.7 Å². The highest BCUT2D eigenvalue weighted by atomic mass is 79.9. The molecule has 1 aliphatic heterocycles. The van der Waals surface area contributed by atoms with Crippen molar-refractivity contribution in [2.75, 3.05) is 0 Å². The SMILES string of the molecule is CC1NC(C=O)c2cc(Br)ccc21. The zero-order valence-corrected chi connectivity index (χ0v) is 8.84. The van der Waals surface area contributed by atoms with Crippen LogP contribution in [0, 0.1) is 0 Å². The summed E-state index contributed by atoms with van der Waals surface area (Å²) >= 11 is 3.40. The van der Waals surface area contributed by atoms with Crippen molar-refractivity contribution in [3.05, 3.63) is 33.8 Å². The zero-order chi connectivity index (χ0) is 9.42. The average Bonchev–Trinajstić information content (AvgIpc) is 2.42. The van der Waals surface area contributed by atoms with Gasteiger partial charge in [-0.05, 0) is 30.2 Å². The highest BCUT2D eigenvalue weighted by Gasteiger charge is 2.26. The number of carbonyl (C=O) groups excluding carboxylic acids is 1. The molecule has 13 heavy (non-hydrogen) atoms. The van der Waals surface area contributed by atoms with Crippen LogP contribution in [0.5, 0.6) is 0 Å². The van der Waals surface area contributed by atoms with Gasteiger partial charge in [0.1, 0.15) is 6.29 Å². The minimum Gasteiger partial charge on any atom is -0.301 e. The van der Waals surface area contributed by atoms with Crippen molar-refractivity contribution in [3.8, 4) is 0 Å². The van der Waals surface area contributed by atoms with Crippen molar-refractivity contribution in [1.82, 2.24) is 5.32 Å². The number of halogens is 1. The predicted molar refractivity (Wildman–Crippen MR) is 54.5 cm³/mol. The van der Waals surface area contributed by atoms with E-state index in [0.717, 1.165) is 16.3 Å². The third-order valence-corrected chi connectivity index (χ3v) is 2.91. The third-order valence-electron chi connectivity index (χ3n) is 2.42. The van der Waals surface area contributed by atoms with E-state index in [1.165, 1.54) is 5.56 Å². The van der Waals surface area contributed by atoms with Crippen LogP contribution < -0.4 is 5.32 Å². The minimum absolute atomic E-state index is 0.137. The second-order valence-electron chi connectivity index (χ2n) is 3.28. The van der Waals surface area contributed by atoms with Gasteiger partial charge in [0, 0.05) is 10.5 Å². The molecule has 2 nitrogen and oxygen atoms in total. The van der Waals surface area contributed by atoms with Gasteiger partial charge in [0.25, 0.3) is 0 Å². The molecule has 1 aromatic rings. The van der Waals surface area contributed by atoms with E-state index in [0.29, 0.717) is 0 Å². The fraction of sp³-hybridized carbons (Fsp3) is 0.300. The number of benzene rings is 1. The van der Waals surface area contributed by atoms with Gasteiger partial charge in [0.15, 0.2) is 0 Å². The second kappa shape index (κ2) is 3.24. The first-order chi connectivity index (χ1) is 6.22. The van der Waals surface area contributed by atoms with E-state index >= 15 is 0 Å². The summed E-state index contributed by atoms with van der Waals surface area (Å²) in [5.74, 6) is 0. The number of fused-ring (bicyclic) bond motifs is 1. The summed E-state index contributed by atoms with van der Waals surface area (Å²) in [6, 6.07) is 6.20. The van der Waals surface area contributed by atoms with Crippen LogP contribution in [-0.4, -0.2) is 6.29 Å². The average molecular weight is 240 g/mol. The van der Waals surface area contributed by atoms with Gasteiger partial charge >= 0.3 is 0 Å². The van der Waals surface area contributed by atoms with Crippen LogP contribution in [0.3, 0.4) is 0 Å². The molecule has 68 valence electrons. The summed E-state index contributed by atoms with van der Waals surface area (Å²) < 4.78 is 1.02. The van der Waals surface area contributed by atoms with Gasteiger partial charge in [-0.3, -0.25) is 5.32 Å². The molecule has 0 spiro atoms. The molecule has 0 radical (unpaired) electrons.